The molecular formula is C18H25NO3. The summed E-state index contributed by atoms with van der Waals surface area (Å²) in [6, 6.07) is 7.60. The second-order valence-corrected chi connectivity index (χ2v) is 6.54. The van der Waals surface area contributed by atoms with E-state index in [1.165, 1.54) is 32.1 Å². The number of amides is 1. The highest BCUT2D eigenvalue weighted by molar-refractivity contribution is 6.02. The summed E-state index contributed by atoms with van der Waals surface area (Å²) in [6.07, 6.45) is 7.36. The number of methoxy groups -OCH3 is 1. The van der Waals surface area contributed by atoms with Crippen LogP contribution in [0.1, 0.15) is 38.5 Å². The molecule has 1 aliphatic carbocycles. The van der Waals surface area contributed by atoms with Crippen LogP contribution in [0.5, 0.6) is 11.5 Å². The smallest absolute Gasteiger partial charge is 0.252 e. The van der Waals surface area contributed by atoms with Crippen molar-refractivity contribution in [2.45, 2.75) is 44.1 Å². The first-order valence-electron chi connectivity index (χ1n) is 8.21. The first-order chi connectivity index (χ1) is 10.7. The molecule has 1 unspecified atom stereocenters. The first-order valence-corrected chi connectivity index (χ1v) is 8.21. The topological polar surface area (TPSA) is 38.5 Å². The standard InChI is InChI=1S/C18H25NO3/c1-19-17(20)18(19,12-14-8-4-3-5-9-14)13-22-16-11-7-6-10-15(16)21-2/h6-7,10-11,14H,3-5,8-9,12-13H2,1-2H3. The number of nitrogens with zero attached hydrogens (tertiary/aromatic N) is 1. The van der Waals surface area contributed by atoms with Crippen LogP contribution in [0.2, 0.25) is 0 Å². The molecule has 3 rings (SSSR count). The SMILES string of the molecule is COc1ccccc1OCC1(CC2CCCCC2)C(=O)N1C. The van der Waals surface area contributed by atoms with Gasteiger partial charge in [0.2, 0.25) is 0 Å². The van der Waals surface area contributed by atoms with E-state index in [0.29, 0.717) is 24.0 Å². The fourth-order valence-electron chi connectivity index (χ4n) is 3.67. The maximum absolute atomic E-state index is 12.2. The van der Waals surface area contributed by atoms with Gasteiger partial charge in [-0.25, -0.2) is 0 Å². The maximum Gasteiger partial charge on any atom is 0.252 e. The maximum atomic E-state index is 12.2. The highest BCUT2D eigenvalue weighted by Crippen LogP contribution is 2.43. The molecule has 4 heteroatoms. The predicted octanol–water partition coefficient (Wildman–Crippen LogP) is 3.26. The van der Waals surface area contributed by atoms with Crippen molar-refractivity contribution in [3.63, 3.8) is 0 Å². The van der Waals surface area contributed by atoms with Crippen LogP contribution in [0.25, 0.3) is 0 Å². The lowest BCUT2D eigenvalue weighted by Crippen LogP contribution is -2.30. The van der Waals surface area contributed by atoms with E-state index in [4.69, 9.17) is 9.47 Å². The molecule has 1 aromatic rings. The Morgan fingerprint density at radius 1 is 1.18 bits per heavy atom. The number of hydrogen-bond acceptors (Lipinski definition) is 3. The molecule has 1 heterocycles. The van der Waals surface area contributed by atoms with Crippen LogP contribution in [0.4, 0.5) is 0 Å². The van der Waals surface area contributed by atoms with Gasteiger partial charge in [0.25, 0.3) is 5.91 Å². The summed E-state index contributed by atoms with van der Waals surface area (Å²) in [4.78, 5) is 14.0. The second-order valence-electron chi connectivity index (χ2n) is 6.54. The van der Waals surface area contributed by atoms with Gasteiger partial charge in [0, 0.05) is 7.05 Å². The molecule has 2 fully saturated rings. The molecule has 1 saturated heterocycles. The van der Waals surface area contributed by atoms with E-state index in [-0.39, 0.29) is 5.91 Å². The van der Waals surface area contributed by atoms with Gasteiger partial charge < -0.3 is 14.4 Å². The molecule has 1 atom stereocenters. The lowest BCUT2D eigenvalue weighted by Gasteiger charge is -2.25. The molecule has 0 radical (unpaired) electrons. The van der Waals surface area contributed by atoms with Crippen molar-refractivity contribution in [1.29, 1.82) is 0 Å². The Balaban J connectivity index is 1.66. The molecule has 0 spiro atoms. The fourth-order valence-corrected chi connectivity index (χ4v) is 3.67. The summed E-state index contributed by atoms with van der Waals surface area (Å²) in [5.74, 6) is 2.30. The zero-order valence-electron chi connectivity index (χ0n) is 13.5. The van der Waals surface area contributed by atoms with E-state index in [9.17, 15) is 4.79 Å². The van der Waals surface area contributed by atoms with E-state index in [1.54, 1.807) is 7.11 Å². The van der Waals surface area contributed by atoms with Gasteiger partial charge >= 0.3 is 0 Å². The molecule has 1 saturated carbocycles. The zero-order valence-corrected chi connectivity index (χ0v) is 13.5. The molecule has 0 bridgehead atoms. The summed E-state index contributed by atoms with van der Waals surface area (Å²) in [6.45, 7) is 0.416. The van der Waals surface area contributed by atoms with Crippen molar-refractivity contribution in [3.05, 3.63) is 24.3 Å². The zero-order chi connectivity index (χ0) is 15.6. The van der Waals surface area contributed by atoms with Gasteiger partial charge in [0.1, 0.15) is 6.61 Å². The van der Waals surface area contributed by atoms with Gasteiger partial charge in [-0.2, -0.15) is 0 Å². The molecule has 1 aliphatic heterocycles. The van der Waals surface area contributed by atoms with Crippen LogP contribution in [-0.4, -0.2) is 37.1 Å². The Hall–Kier alpha value is -1.71. The van der Waals surface area contributed by atoms with E-state index in [0.717, 1.165) is 6.42 Å². The van der Waals surface area contributed by atoms with E-state index >= 15 is 0 Å². The Bertz CT molecular complexity index is 539. The van der Waals surface area contributed by atoms with Crippen molar-refractivity contribution in [1.82, 2.24) is 4.90 Å². The molecule has 1 aromatic carbocycles. The number of likely N-dealkylation sites (N-methyl/N-ethyl adjacent to an activating group) is 1. The normalized spacial score (nSPS) is 25.2. The third-order valence-electron chi connectivity index (χ3n) is 5.18. The third-order valence-corrected chi connectivity index (χ3v) is 5.18. The quantitative estimate of drug-likeness (QED) is 0.757. The van der Waals surface area contributed by atoms with Gasteiger partial charge in [-0.3, -0.25) is 4.79 Å². The summed E-state index contributed by atoms with van der Waals surface area (Å²) >= 11 is 0. The molecule has 2 aliphatic rings. The van der Waals surface area contributed by atoms with Crippen LogP contribution in [0.15, 0.2) is 24.3 Å². The highest BCUT2D eigenvalue weighted by atomic mass is 16.5. The minimum atomic E-state index is -0.414. The number of hydrogen-bond donors (Lipinski definition) is 0. The summed E-state index contributed by atoms with van der Waals surface area (Å²) in [5.41, 5.74) is -0.414. The van der Waals surface area contributed by atoms with Crippen molar-refractivity contribution in [3.8, 4) is 11.5 Å². The van der Waals surface area contributed by atoms with Gasteiger partial charge in [-0.15, -0.1) is 0 Å². The molecule has 1 amide bonds. The van der Waals surface area contributed by atoms with Gasteiger partial charge in [-0.05, 0) is 24.5 Å². The van der Waals surface area contributed by atoms with Crippen molar-refractivity contribution in [2.75, 3.05) is 20.8 Å². The number of ether oxygens (including phenoxy) is 2. The Kier molecular flexibility index (Phi) is 4.27. The van der Waals surface area contributed by atoms with Gasteiger partial charge in [0.05, 0.1) is 7.11 Å². The average Bonchev–Trinajstić information content (AvgIpc) is 3.07. The van der Waals surface area contributed by atoms with Crippen LogP contribution in [-0.2, 0) is 4.79 Å². The minimum absolute atomic E-state index is 0.216. The monoisotopic (exact) mass is 303 g/mol. The van der Waals surface area contributed by atoms with Crippen molar-refractivity contribution in [2.24, 2.45) is 5.92 Å². The number of para-hydroxylation sites is 2. The number of carbonyl (C=O) groups excluding carboxylic acids is 1. The van der Waals surface area contributed by atoms with Crippen LogP contribution in [0.3, 0.4) is 0 Å². The molecule has 120 valence electrons. The lowest BCUT2D eigenvalue weighted by molar-refractivity contribution is -0.114. The number of rotatable bonds is 6. The largest absolute Gasteiger partial charge is 0.493 e. The Morgan fingerprint density at radius 3 is 2.41 bits per heavy atom. The van der Waals surface area contributed by atoms with Crippen LogP contribution in [0, 0.1) is 5.92 Å². The average molecular weight is 303 g/mol. The molecule has 0 aromatic heterocycles. The Morgan fingerprint density at radius 2 is 1.82 bits per heavy atom. The van der Waals surface area contributed by atoms with Crippen LogP contribution < -0.4 is 9.47 Å². The third kappa shape index (κ3) is 2.79. The van der Waals surface area contributed by atoms with E-state index in [2.05, 4.69) is 0 Å². The molecule has 4 nitrogen and oxygen atoms in total. The molecule has 0 N–H and O–H groups in total. The minimum Gasteiger partial charge on any atom is -0.493 e. The van der Waals surface area contributed by atoms with Crippen molar-refractivity contribution < 1.29 is 14.3 Å². The number of carbonyl (C=O) groups is 1. The predicted molar refractivity (Wildman–Crippen MR) is 85.2 cm³/mol. The van der Waals surface area contributed by atoms with E-state index < -0.39 is 5.54 Å². The first kappa shape index (κ1) is 15.2. The lowest BCUT2D eigenvalue weighted by atomic mass is 9.82. The summed E-state index contributed by atoms with van der Waals surface area (Å²) < 4.78 is 11.3. The summed E-state index contributed by atoms with van der Waals surface area (Å²) in [5, 5.41) is 0. The Labute approximate surface area is 132 Å². The number of benzene rings is 1. The van der Waals surface area contributed by atoms with Gasteiger partial charge in [0.15, 0.2) is 17.0 Å². The molecular weight excluding hydrogens is 278 g/mol. The highest BCUT2D eigenvalue weighted by Gasteiger charge is 2.61. The molecule has 22 heavy (non-hydrogen) atoms. The van der Waals surface area contributed by atoms with E-state index in [1.807, 2.05) is 36.2 Å². The summed E-state index contributed by atoms with van der Waals surface area (Å²) in [7, 11) is 3.52. The fraction of sp³-hybridized carbons (Fsp3) is 0.611. The van der Waals surface area contributed by atoms with Gasteiger partial charge in [-0.1, -0.05) is 44.2 Å². The second kappa shape index (κ2) is 6.19. The van der Waals surface area contributed by atoms with Crippen LogP contribution >= 0.6 is 0 Å². The van der Waals surface area contributed by atoms with Crippen molar-refractivity contribution >= 4 is 5.91 Å².